The lowest BCUT2D eigenvalue weighted by Crippen LogP contribution is -2.43. The van der Waals surface area contributed by atoms with Crippen molar-refractivity contribution in [3.05, 3.63) is 43.0 Å². The molecule has 148 valence electrons. The number of amides is 2. The maximum Gasteiger partial charge on any atom is 0.242 e. The van der Waals surface area contributed by atoms with Gasteiger partial charge in [0.1, 0.15) is 12.7 Å². The number of hydrogen-bond donors (Lipinski definition) is 1. The quantitative estimate of drug-likeness (QED) is 0.808. The summed E-state index contributed by atoms with van der Waals surface area (Å²) in [4.78, 5) is 32.7. The van der Waals surface area contributed by atoms with E-state index in [1.165, 1.54) is 4.68 Å². The van der Waals surface area contributed by atoms with Crippen LogP contribution < -0.4 is 10.2 Å². The first kappa shape index (κ1) is 18.4. The molecule has 9 heteroatoms. The summed E-state index contributed by atoms with van der Waals surface area (Å²) in [6, 6.07) is 4.89. The number of pyridine rings is 1. The SMILES string of the molecule is O=C(Cn1cccn1)N[C@H]1CN(C(=O)C2CCN(c3ccncc3)C2)C[C@H]1F. The van der Waals surface area contributed by atoms with Crippen LogP contribution in [-0.2, 0) is 16.1 Å². The van der Waals surface area contributed by atoms with Crippen LogP contribution >= 0.6 is 0 Å². The molecule has 2 aliphatic rings. The molecular formula is C19H23FN6O2. The Morgan fingerprint density at radius 2 is 2.00 bits per heavy atom. The van der Waals surface area contributed by atoms with Gasteiger partial charge in [-0.3, -0.25) is 19.3 Å². The van der Waals surface area contributed by atoms with Crippen LogP contribution in [0, 0.1) is 5.92 Å². The van der Waals surface area contributed by atoms with Gasteiger partial charge in [-0.05, 0) is 24.6 Å². The minimum absolute atomic E-state index is 0.0251. The molecule has 0 saturated carbocycles. The minimum atomic E-state index is -1.26. The first-order valence-electron chi connectivity index (χ1n) is 9.45. The first-order valence-corrected chi connectivity index (χ1v) is 9.45. The highest BCUT2D eigenvalue weighted by Crippen LogP contribution is 2.26. The summed E-state index contributed by atoms with van der Waals surface area (Å²) in [6.45, 7) is 1.67. The van der Waals surface area contributed by atoms with E-state index in [0.29, 0.717) is 6.54 Å². The summed E-state index contributed by atoms with van der Waals surface area (Å²) in [5.41, 5.74) is 1.04. The first-order chi connectivity index (χ1) is 13.6. The van der Waals surface area contributed by atoms with Gasteiger partial charge in [-0.15, -0.1) is 0 Å². The van der Waals surface area contributed by atoms with Crippen molar-refractivity contribution in [2.75, 3.05) is 31.1 Å². The maximum atomic E-state index is 14.4. The zero-order chi connectivity index (χ0) is 19.5. The molecule has 2 aliphatic heterocycles. The van der Waals surface area contributed by atoms with E-state index in [1.807, 2.05) is 12.1 Å². The van der Waals surface area contributed by atoms with Crippen LogP contribution in [0.4, 0.5) is 10.1 Å². The van der Waals surface area contributed by atoms with Crippen LogP contribution in [0.2, 0.25) is 0 Å². The standard InChI is InChI=1S/C19H23FN6O2/c20-16-11-25(12-17(16)23-18(27)13-26-8-1-5-22-26)19(28)14-4-9-24(10-14)15-2-6-21-7-3-15/h1-3,5-8,14,16-17H,4,9-13H2,(H,23,27)/t14?,16-,17+/m1/s1. The number of anilines is 1. The Morgan fingerprint density at radius 1 is 1.18 bits per heavy atom. The van der Waals surface area contributed by atoms with Crippen LogP contribution in [-0.4, -0.2) is 69.9 Å². The Hall–Kier alpha value is -2.97. The van der Waals surface area contributed by atoms with Crippen LogP contribution in [0.5, 0.6) is 0 Å². The highest BCUT2D eigenvalue weighted by Gasteiger charge is 2.40. The lowest BCUT2D eigenvalue weighted by atomic mass is 10.1. The Bertz CT molecular complexity index is 815. The summed E-state index contributed by atoms with van der Waals surface area (Å²) in [6.07, 6.45) is 6.20. The van der Waals surface area contributed by atoms with Crippen LogP contribution in [0.3, 0.4) is 0 Å². The molecule has 2 fully saturated rings. The van der Waals surface area contributed by atoms with Crippen molar-refractivity contribution in [2.24, 2.45) is 5.92 Å². The molecule has 4 rings (SSSR count). The highest BCUT2D eigenvalue weighted by molar-refractivity contribution is 5.81. The van der Waals surface area contributed by atoms with E-state index in [4.69, 9.17) is 0 Å². The van der Waals surface area contributed by atoms with Gasteiger partial charge in [-0.1, -0.05) is 0 Å². The molecule has 0 aliphatic carbocycles. The monoisotopic (exact) mass is 386 g/mol. The maximum absolute atomic E-state index is 14.4. The number of nitrogens with one attached hydrogen (secondary N) is 1. The number of rotatable bonds is 5. The number of nitrogens with zero attached hydrogens (tertiary/aromatic N) is 5. The van der Waals surface area contributed by atoms with Gasteiger partial charge in [0.15, 0.2) is 0 Å². The van der Waals surface area contributed by atoms with Gasteiger partial charge in [0, 0.05) is 50.1 Å². The third kappa shape index (κ3) is 3.97. The number of aromatic nitrogens is 3. The van der Waals surface area contributed by atoms with E-state index in [9.17, 15) is 14.0 Å². The molecule has 0 aromatic carbocycles. The topological polar surface area (TPSA) is 83.4 Å². The summed E-state index contributed by atoms with van der Waals surface area (Å²) in [7, 11) is 0. The zero-order valence-electron chi connectivity index (χ0n) is 15.4. The van der Waals surface area contributed by atoms with Gasteiger partial charge >= 0.3 is 0 Å². The largest absolute Gasteiger partial charge is 0.371 e. The Kier molecular flexibility index (Phi) is 5.23. The van der Waals surface area contributed by atoms with Crippen molar-refractivity contribution in [1.82, 2.24) is 25.0 Å². The van der Waals surface area contributed by atoms with E-state index in [-0.39, 0.29) is 37.4 Å². The highest BCUT2D eigenvalue weighted by atomic mass is 19.1. The molecule has 8 nitrogen and oxygen atoms in total. The zero-order valence-corrected chi connectivity index (χ0v) is 15.4. The lowest BCUT2D eigenvalue weighted by molar-refractivity contribution is -0.134. The molecule has 3 atom stereocenters. The summed E-state index contributed by atoms with van der Waals surface area (Å²) in [5, 5.41) is 6.66. The Morgan fingerprint density at radius 3 is 2.75 bits per heavy atom. The molecule has 1 N–H and O–H groups in total. The second-order valence-corrected chi connectivity index (χ2v) is 7.27. The number of halogens is 1. The van der Waals surface area contributed by atoms with Crippen LogP contribution in [0.15, 0.2) is 43.0 Å². The Balaban J connectivity index is 1.30. The van der Waals surface area contributed by atoms with Crippen molar-refractivity contribution in [3.8, 4) is 0 Å². The lowest BCUT2D eigenvalue weighted by Gasteiger charge is -2.22. The average Bonchev–Trinajstić information content (AvgIpc) is 3.44. The average molecular weight is 386 g/mol. The summed E-state index contributed by atoms with van der Waals surface area (Å²) >= 11 is 0. The number of carbonyl (C=O) groups is 2. The van der Waals surface area contributed by atoms with Crippen molar-refractivity contribution in [2.45, 2.75) is 25.2 Å². The van der Waals surface area contributed by atoms with E-state index in [0.717, 1.165) is 18.7 Å². The molecule has 2 amide bonds. The van der Waals surface area contributed by atoms with Crippen molar-refractivity contribution < 1.29 is 14.0 Å². The fourth-order valence-electron chi connectivity index (χ4n) is 3.88. The molecule has 2 aromatic heterocycles. The minimum Gasteiger partial charge on any atom is -0.371 e. The molecule has 0 bridgehead atoms. The van der Waals surface area contributed by atoms with Crippen LogP contribution in [0.25, 0.3) is 0 Å². The predicted octanol–water partition coefficient (Wildman–Crippen LogP) is 0.470. The third-order valence-electron chi connectivity index (χ3n) is 5.34. The second kappa shape index (κ2) is 7.95. The van der Waals surface area contributed by atoms with Crippen molar-refractivity contribution in [3.63, 3.8) is 0 Å². The van der Waals surface area contributed by atoms with Crippen molar-refractivity contribution in [1.29, 1.82) is 0 Å². The molecule has 28 heavy (non-hydrogen) atoms. The fourth-order valence-corrected chi connectivity index (χ4v) is 3.88. The molecule has 0 radical (unpaired) electrons. The van der Waals surface area contributed by atoms with E-state index >= 15 is 0 Å². The summed E-state index contributed by atoms with van der Waals surface area (Å²) in [5.74, 6) is -0.502. The smallest absolute Gasteiger partial charge is 0.242 e. The van der Waals surface area contributed by atoms with Gasteiger partial charge in [-0.2, -0.15) is 5.10 Å². The van der Waals surface area contributed by atoms with Gasteiger partial charge in [-0.25, -0.2) is 4.39 Å². The van der Waals surface area contributed by atoms with Crippen LogP contribution in [0.1, 0.15) is 6.42 Å². The van der Waals surface area contributed by atoms with Gasteiger partial charge in [0.05, 0.1) is 18.5 Å². The number of likely N-dealkylation sites (tertiary alicyclic amines) is 1. The molecule has 0 spiro atoms. The van der Waals surface area contributed by atoms with Gasteiger partial charge in [0.2, 0.25) is 11.8 Å². The third-order valence-corrected chi connectivity index (χ3v) is 5.34. The van der Waals surface area contributed by atoms with Crippen molar-refractivity contribution >= 4 is 17.5 Å². The summed E-state index contributed by atoms with van der Waals surface area (Å²) < 4.78 is 15.9. The van der Waals surface area contributed by atoms with Gasteiger partial charge < -0.3 is 15.1 Å². The number of carbonyl (C=O) groups excluding carboxylic acids is 2. The molecular weight excluding hydrogens is 363 g/mol. The molecule has 1 unspecified atom stereocenters. The van der Waals surface area contributed by atoms with E-state index in [2.05, 4.69) is 20.3 Å². The fraction of sp³-hybridized carbons (Fsp3) is 0.474. The molecule has 4 heterocycles. The Labute approximate surface area is 162 Å². The van der Waals surface area contributed by atoms with E-state index in [1.54, 1.807) is 35.8 Å². The normalized spacial score (nSPS) is 24.5. The predicted molar refractivity (Wildman–Crippen MR) is 100 cm³/mol. The second-order valence-electron chi connectivity index (χ2n) is 7.27. The number of alkyl halides is 1. The molecule has 2 saturated heterocycles. The number of hydrogen-bond acceptors (Lipinski definition) is 5. The van der Waals surface area contributed by atoms with Gasteiger partial charge in [0.25, 0.3) is 0 Å². The molecule has 2 aromatic rings. The van der Waals surface area contributed by atoms with E-state index < -0.39 is 12.2 Å².